The van der Waals surface area contributed by atoms with Crippen LogP contribution in [0.5, 0.6) is 0 Å². The quantitative estimate of drug-likeness (QED) is 0.441. The molecule has 1 saturated heterocycles. The zero-order valence-electron chi connectivity index (χ0n) is 10.8. The molecule has 0 aromatic carbocycles. The summed E-state index contributed by atoms with van der Waals surface area (Å²) in [6.45, 7) is 8.03. The molecule has 17 heavy (non-hydrogen) atoms. The van der Waals surface area contributed by atoms with Gasteiger partial charge in [-0.25, -0.2) is 0 Å². The number of piperazine rings is 1. The molecule has 2 N–H and O–H groups in total. The molecule has 98 valence electrons. The molecule has 6 heteroatoms. The highest BCUT2D eigenvalue weighted by atomic mass is 16.5. The number of ether oxygens (including phenoxy) is 1. The van der Waals surface area contributed by atoms with E-state index in [0.717, 1.165) is 25.3 Å². The van der Waals surface area contributed by atoms with Crippen molar-refractivity contribution in [1.82, 2.24) is 10.2 Å². The van der Waals surface area contributed by atoms with Gasteiger partial charge < -0.3 is 10.1 Å². The molecule has 0 aromatic heterocycles. The third-order valence-corrected chi connectivity index (χ3v) is 2.19. The van der Waals surface area contributed by atoms with Gasteiger partial charge in [0.25, 0.3) is 0 Å². The normalized spacial score (nSPS) is 17.9. The fourth-order valence-corrected chi connectivity index (χ4v) is 1.45. The van der Waals surface area contributed by atoms with E-state index >= 15 is 0 Å². The van der Waals surface area contributed by atoms with Gasteiger partial charge in [-0.05, 0) is 5.18 Å². The molecule has 0 unspecified atom stereocenters. The van der Waals surface area contributed by atoms with Crippen molar-refractivity contribution >= 4 is 5.84 Å². The van der Waals surface area contributed by atoms with Gasteiger partial charge in [-0.15, -0.1) is 4.91 Å². The van der Waals surface area contributed by atoms with E-state index in [-0.39, 0.29) is 5.84 Å². The monoisotopic (exact) mass is 242 g/mol. The summed E-state index contributed by atoms with van der Waals surface area (Å²) in [5, 5.41) is 12.8. The highest BCUT2D eigenvalue weighted by Gasteiger charge is 2.13. The summed E-state index contributed by atoms with van der Waals surface area (Å²) < 4.78 is 4.99. The van der Waals surface area contributed by atoms with Gasteiger partial charge in [0.2, 0.25) is 0 Å². The van der Waals surface area contributed by atoms with Crippen molar-refractivity contribution in [1.29, 1.82) is 5.41 Å². The van der Waals surface area contributed by atoms with Crippen molar-refractivity contribution in [2.45, 2.75) is 13.8 Å². The van der Waals surface area contributed by atoms with Gasteiger partial charge in [0.05, 0.1) is 6.61 Å². The molecule has 1 fully saturated rings. The lowest BCUT2D eigenvalue weighted by Gasteiger charge is -2.29. The Balaban J connectivity index is 0.00000121. The summed E-state index contributed by atoms with van der Waals surface area (Å²) in [5.41, 5.74) is 0.863. The van der Waals surface area contributed by atoms with Crippen LogP contribution in [0, 0.1) is 10.3 Å². The second-order valence-electron chi connectivity index (χ2n) is 3.34. The molecule has 0 spiro atoms. The third-order valence-electron chi connectivity index (χ3n) is 2.19. The Bertz CT molecular complexity index is 266. The first kappa shape index (κ1) is 15.7. The van der Waals surface area contributed by atoms with Crippen LogP contribution in [0.3, 0.4) is 0 Å². The number of nitroso groups, excluding NO2 is 1. The number of amidine groups is 1. The van der Waals surface area contributed by atoms with Crippen LogP contribution in [-0.2, 0) is 4.74 Å². The molecular weight excluding hydrogens is 220 g/mol. The summed E-state index contributed by atoms with van der Waals surface area (Å²) in [5.74, 6) is -0.244. The van der Waals surface area contributed by atoms with Crippen LogP contribution in [0.2, 0.25) is 0 Å². The second-order valence-corrected chi connectivity index (χ2v) is 3.34. The zero-order chi connectivity index (χ0) is 13.1. The van der Waals surface area contributed by atoms with Crippen molar-refractivity contribution < 1.29 is 4.74 Å². The summed E-state index contributed by atoms with van der Waals surface area (Å²) in [7, 11) is 1.67. The molecule has 1 aliphatic rings. The van der Waals surface area contributed by atoms with Crippen LogP contribution in [0.15, 0.2) is 16.9 Å². The van der Waals surface area contributed by atoms with Crippen LogP contribution in [0.1, 0.15) is 13.8 Å². The number of nitrogens with one attached hydrogen (secondary N) is 2. The minimum absolute atomic E-state index is 0.244. The maximum absolute atomic E-state index is 10.1. The van der Waals surface area contributed by atoms with Gasteiger partial charge in [0.15, 0.2) is 5.84 Å². The van der Waals surface area contributed by atoms with Crippen molar-refractivity contribution in [2.24, 2.45) is 5.18 Å². The van der Waals surface area contributed by atoms with Gasteiger partial charge >= 0.3 is 0 Å². The molecule has 0 saturated carbocycles. The summed E-state index contributed by atoms with van der Waals surface area (Å²) in [6, 6.07) is 0. The lowest BCUT2D eigenvalue weighted by molar-refractivity contribution is 0.147. The SMILES string of the molecule is CC.COCCN1CCN/C(=C\C(=N)N=O)C1. The average molecular weight is 242 g/mol. The van der Waals surface area contributed by atoms with Crippen molar-refractivity contribution in [2.75, 3.05) is 39.9 Å². The van der Waals surface area contributed by atoms with Crippen LogP contribution in [0.25, 0.3) is 0 Å². The molecule has 0 amide bonds. The highest BCUT2D eigenvalue weighted by Crippen LogP contribution is 2.02. The van der Waals surface area contributed by atoms with E-state index in [1.54, 1.807) is 7.11 Å². The first-order valence-corrected chi connectivity index (χ1v) is 5.84. The number of methoxy groups -OCH3 is 1. The lowest BCUT2D eigenvalue weighted by atomic mass is 10.2. The molecule has 1 aliphatic heterocycles. The Kier molecular flexibility index (Phi) is 9.18. The van der Waals surface area contributed by atoms with Crippen molar-refractivity contribution in [3.05, 3.63) is 16.7 Å². The smallest absolute Gasteiger partial charge is 0.190 e. The van der Waals surface area contributed by atoms with Crippen molar-refractivity contribution in [3.8, 4) is 0 Å². The van der Waals surface area contributed by atoms with E-state index in [9.17, 15) is 4.91 Å². The predicted octanol–water partition coefficient (Wildman–Crippen LogP) is 1.19. The highest BCUT2D eigenvalue weighted by molar-refractivity contribution is 5.91. The predicted molar refractivity (Wildman–Crippen MR) is 69.3 cm³/mol. The minimum atomic E-state index is -0.244. The van der Waals surface area contributed by atoms with Crippen LogP contribution in [-0.4, -0.2) is 50.6 Å². The third kappa shape index (κ3) is 6.80. The molecule has 0 atom stereocenters. The zero-order valence-corrected chi connectivity index (χ0v) is 10.8. The second kappa shape index (κ2) is 9.92. The van der Waals surface area contributed by atoms with Crippen LogP contribution in [0.4, 0.5) is 0 Å². The standard InChI is InChI=1S/C9H16N4O2.C2H6/c1-15-5-4-13-3-2-11-8(7-13)6-9(10)12-14;1-2/h6,10-11H,2-5,7H2,1H3;1-2H3/b8-6-,10-9?;. The fourth-order valence-electron chi connectivity index (χ4n) is 1.45. The minimum Gasteiger partial charge on any atom is -0.386 e. The lowest BCUT2D eigenvalue weighted by Crippen LogP contribution is -2.43. The molecule has 1 rings (SSSR count). The summed E-state index contributed by atoms with van der Waals surface area (Å²) in [6.07, 6.45) is 1.46. The molecule has 0 aliphatic carbocycles. The average Bonchev–Trinajstić information content (AvgIpc) is 2.39. The van der Waals surface area contributed by atoms with Gasteiger partial charge in [0, 0.05) is 45.1 Å². The van der Waals surface area contributed by atoms with E-state index in [4.69, 9.17) is 10.1 Å². The Hall–Kier alpha value is -1.27. The largest absolute Gasteiger partial charge is 0.386 e. The molecule has 0 radical (unpaired) electrons. The summed E-state index contributed by atoms with van der Waals surface area (Å²) >= 11 is 0. The maximum atomic E-state index is 10.1. The number of nitrogens with zero attached hydrogens (tertiary/aromatic N) is 2. The van der Waals surface area contributed by atoms with E-state index in [1.165, 1.54) is 6.08 Å². The Morgan fingerprint density at radius 2 is 2.35 bits per heavy atom. The first-order chi connectivity index (χ1) is 8.26. The molecule has 6 nitrogen and oxygen atoms in total. The molecular formula is C11H22N4O2. The Morgan fingerprint density at radius 3 is 2.94 bits per heavy atom. The number of rotatable bonds is 4. The van der Waals surface area contributed by atoms with Crippen LogP contribution < -0.4 is 5.32 Å². The fraction of sp³-hybridized carbons (Fsp3) is 0.727. The van der Waals surface area contributed by atoms with E-state index in [0.29, 0.717) is 13.2 Å². The number of hydrogen-bond donors (Lipinski definition) is 2. The first-order valence-electron chi connectivity index (χ1n) is 5.84. The summed E-state index contributed by atoms with van der Waals surface area (Å²) in [4.78, 5) is 12.2. The van der Waals surface area contributed by atoms with Crippen molar-refractivity contribution in [3.63, 3.8) is 0 Å². The van der Waals surface area contributed by atoms with Gasteiger partial charge in [0.1, 0.15) is 0 Å². The maximum Gasteiger partial charge on any atom is 0.190 e. The van der Waals surface area contributed by atoms with E-state index < -0.39 is 0 Å². The van der Waals surface area contributed by atoms with Crippen LogP contribution >= 0.6 is 0 Å². The van der Waals surface area contributed by atoms with Gasteiger partial charge in [-0.3, -0.25) is 10.3 Å². The van der Waals surface area contributed by atoms with Gasteiger partial charge in [-0.2, -0.15) is 0 Å². The molecule has 1 heterocycles. The van der Waals surface area contributed by atoms with E-state index in [2.05, 4.69) is 15.4 Å². The van der Waals surface area contributed by atoms with E-state index in [1.807, 2.05) is 13.8 Å². The van der Waals surface area contributed by atoms with Gasteiger partial charge in [-0.1, -0.05) is 13.8 Å². The molecule has 0 bridgehead atoms. The molecule has 0 aromatic rings. The Morgan fingerprint density at radius 1 is 1.65 bits per heavy atom. The topological polar surface area (TPSA) is 77.8 Å². The number of hydrogen-bond acceptors (Lipinski definition) is 5. The Labute approximate surface area is 103 Å².